The van der Waals surface area contributed by atoms with Gasteiger partial charge in [-0.3, -0.25) is 4.90 Å². The van der Waals surface area contributed by atoms with Gasteiger partial charge in [0.2, 0.25) is 0 Å². The number of methoxy groups -OCH3 is 2. The Morgan fingerprint density at radius 3 is 2.68 bits per heavy atom. The molecule has 0 unspecified atom stereocenters. The number of nitrogens with zero attached hydrogens (tertiary/aromatic N) is 7. The maximum atomic E-state index is 14.6. The molecule has 0 aliphatic carbocycles. The molecule has 4 aromatic rings. The van der Waals surface area contributed by atoms with Crippen molar-refractivity contribution in [1.29, 1.82) is 0 Å². The SMILES string of the molecule is COCCN1CCN(c2cccc(-n3cc(-c4ccnc(-c5c(F)cccc5OC)n4)cn3)n2)C[C@H]1C. The first-order valence-corrected chi connectivity index (χ1v) is 12.2. The second-order valence-electron chi connectivity index (χ2n) is 8.93. The van der Waals surface area contributed by atoms with Crippen LogP contribution >= 0.6 is 0 Å². The number of halogens is 1. The number of aromatic nitrogens is 5. The predicted molar refractivity (Wildman–Crippen MR) is 139 cm³/mol. The fraction of sp³-hybridized carbons (Fsp3) is 0.333. The third kappa shape index (κ3) is 5.30. The van der Waals surface area contributed by atoms with E-state index in [0.717, 1.165) is 44.2 Å². The summed E-state index contributed by atoms with van der Waals surface area (Å²) in [7, 11) is 3.23. The van der Waals surface area contributed by atoms with Crippen molar-refractivity contribution in [3.63, 3.8) is 0 Å². The fourth-order valence-electron chi connectivity index (χ4n) is 4.57. The Balaban J connectivity index is 1.36. The van der Waals surface area contributed by atoms with E-state index in [2.05, 4.69) is 31.8 Å². The second-order valence-corrected chi connectivity index (χ2v) is 8.93. The van der Waals surface area contributed by atoms with Crippen LogP contribution in [0.25, 0.3) is 28.5 Å². The lowest BCUT2D eigenvalue weighted by Crippen LogP contribution is -2.53. The molecule has 37 heavy (non-hydrogen) atoms. The summed E-state index contributed by atoms with van der Waals surface area (Å²) in [5, 5.41) is 4.52. The molecule has 1 fully saturated rings. The van der Waals surface area contributed by atoms with Gasteiger partial charge in [0.15, 0.2) is 11.6 Å². The summed E-state index contributed by atoms with van der Waals surface area (Å²) in [6.45, 7) is 6.67. The van der Waals surface area contributed by atoms with Gasteiger partial charge in [-0.05, 0) is 37.3 Å². The zero-order valence-electron chi connectivity index (χ0n) is 21.2. The molecule has 192 valence electrons. The van der Waals surface area contributed by atoms with Gasteiger partial charge < -0.3 is 14.4 Å². The minimum atomic E-state index is -0.443. The summed E-state index contributed by atoms with van der Waals surface area (Å²) >= 11 is 0. The number of benzene rings is 1. The fourth-order valence-corrected chi connectivity index (χ4v) is 4.57. The molecule has 0 amide bonds. The molecular weight excluding hydrogens is 473 g/mol. The van der Waals surface area contributed by atoms with Gasteiger partial charge in [0.25, 0.3) is 0 Å². The van der Waals surface area contributed by atoms with Gasteiger partial charge in [-0.1, -0.05) is 12.1 Å². The van der Waals surface area contributed by atoms with Crippen LogP contribution in [-0.4, -0.2) is 82.7 Å². The first kappa shape index (κ1) is 24.8. The topological polar surface area (TPSA) is 81.4 Å². The van der Waals surface area contributed by atoms with Crippen molar-refractivity contribution >= 4 is 5.82 Å². The van der Waals surface area contributed by atoms with E-state index in [1.54, 1.807) is 42.4 Å². The van der Waals surface area contributed by atoms with Crippen LogP contribution in [0.3, 0.4) is 0 Å². The van der Waals surface area contributed by atoms with Crippen molar-refractivity contribution < 1.29 is 13.9 Å². The molecule has 1 aromatic carbocycles. The number of rotatable bonds is 8. The average Bonchev–Trinajstić information content (AvgIpc) is 3.43. The number of hydrogen-bond acceptors (Lipinski definition) is 8. The first-order chi connectivity index (χ1) is 18.1. The van der Waals surface area contributed by atoms with Crippen LogP contribution in [0.15, 0.2) is 61.1 Å². The van der Waals surface area contributed by atoms with E-state index < -0.39 is 5.82 Å². The molecule has 0 N–H and O–H groups in total. The van der Waals surface area contributed by atoms with Crippen LogP contribution in [-0.2, 0) is 4.74 Å². The average molecular weight is 504 g/mol. The molecule has 0 saturated carbocycles. The molecule has 4 heterocycles. The summed E-state index contributed by atoms with van der Waals surface area (Å²) in [5.41, 5.74) is 1.62. The van der Waals surface area contributed by atoms with E-state index in [-0.39, 0.29) is 11.4 Å². The summed E-state index contributed by atoms with van der Waals surface area (Å²) < 4.78 is 26.9. The number of hydrogen-bond donors (Lipinski definition) is 0. The minimum Gasteiger partial charge on any atom is -0.496 e. The van der Waals surface area contributed by atoms with Crippen LogP contribution in [0.4, 0.5) is 10.2 Å². The van der Waals surface area contributed by atoms with E-state index in [1.165, 1.54) is 13.2 Å². The van der Waals surface area contributed by atoms with Crippen molar-refractivity contribution in [1.82, 2.24) is 29.6 Å². The Bertz CT molecular complexity index is 1360. The van der Waals surface area contributed by atoms with E-state index >= 15 is 0 Å². The lowest BCUT2D eigenvalue weighted by molar-refractivity contribution is 0.117. The first-order valence-electron chi connectivity index (χ1n) is 12.2. The normalized spacial score (nSPS) is 16.2. The van der Waals surface area contributed by atoms with Crippen molar-refractivity contribution in [3.05, 3.63) is 66.9 Å². The van der Waals surface area contributed by atoms with Crippen LogP contribution in [0.5, 0.6) is 5.75 Å². The lowest BCUT2D eigenvalue weighted by Gasteiger charge is -2.40. The van der Waals surface area contributed by atoms with E-state index in [9.17, 15) is 4.39 Å². The molecular formula is C27H30FN7O2. The number of anilines is 1. The van der Waals surface area contributed by atoms with Crippen molar-refractivity contribution in [2.24, 2.45) is 0 Å². The van der Waals surface area contributed by atoms with Gasteiger partial charge in [0.05, 0.1) is 31.2 Å². The highest BCUT2D eigenvalue weighted by Crippen LogP contribution is 2.31. The Hall–Kier alpha value is -3.89. The molecule has 0 bridgehead atoms. The highest BCUT2D eigenvalue weighted by atomic mass is 19.1. The molecule has 0 spiro atoms. The summed E-state index contributed by atoms with van der Waals surface area (Å²) in [6, 6.07) is 12.8. The second kappa shape index (κ2) is 11.0. The standard InChI is InChI=1S/C27H30FN7O2/c1-19-17-34(13-12-33(19)14-15-36-2)24-8-5-9-25(32-24)35-18-20(16-30-35)22-10-11-29-27(31-22)26-21(28)6-4-7-23(26)37-3/h4-11,16,18-19H,12-15,17H2,1-3H3/t19-/m1/s1. The maximum absolute atomic E-state index is 14.6. The molecule has 1 aliphatic heterocycles. The number of pyridine rings is 1. The molecule has 9 nitrogen and oxygen atoms in total. The summed E-state index contributed by atoms with van der Waals surface area (Å²) in [5.74, 6) is 1.82. The van der Waals surface area contributed by atoms with Crippen molar-refractivity contribution in [2.75, 3.05) is 51.9 Å². The van der Waals surface area contributed by atoms with Gasteiger partial charge in [-0.2, -0.15) is 5.10 Å². The predicted octanol–water partition coefficient (Wildman–Crippen LogP) is 3.70. The number of ether oxygens (including phenoxy) is 2. The van der Waals surface area contributed by atoms with Crippen LogP contribution < -0.4 is 9.64 Å². The Kier molecular flexibility index (Phi) is 7.38. The zero-order chi connectivity index (χ0) is 25.8. The summed E-state index contributed by atoms with van der Waals surface area (Å²) in [6.07, 6.45) is 5.19. The Labute approximate surface area is 215 Å². The van der Waals surface area contributed by atoms with Gasteiger partial charge in [0.1, 0.15) is 17.4 Å². The smallest absolute Gasteiger partial charge is 0.166 e. The highest BCUT2D eigenvalue weighted by molar-refractivity contribution is 5.68. The van der Waals surface area contributed by atoms with Gasteiger partial charge in [-0.15, -0.1) is 0 Å². The van der Waals surface area contributed by atoms with Gasteiger partial charge in [0, 0.05) is 57.3 Å². The minimum absolute atomic E-state index is 0.227. The van der Waals surface area contributed by atoms with Gasteiger partial charge in [-0.25, -0.2) is 24.0 Å². The van der Waals surface area contributed by atoms with E-state index in [0.29, 0.717) is 23.3 Å². The Morgan fingerprint density at radius 1 is 1.03 bits per heavy atom. The third-order valence-corrected chi connectivity index (χ3v) is 6.58. The molecule has 1 atom stereocenters. The quantitative estimate of drug-likeness (QED) is 0.360. The molecule has 1 aliphatic rings. The monoisotopic (exact) mass is 503 g/mol. The van der Waals surface area contributed by atoms with Crippen molar-refractivity contribution in [2.45, 2.75) is 13.0 Å². The largest absolute Gasteiger partial charge is 0.496 e. The molecule has 0 radical (unpaired) electrons. The van der Waals surface area contributed by atoms with Crippen LogP contribution in [0, 0.1) is 5.82 Å². The number of piperazine rings is 1. The molecule has 1 saturated heterocycles. The van der Waals surface area contributed by atoms with Crippen LogP contribution in [0.2, 0.25) is 0 Å². The van der Waals surface area contributed by atoms with E-state index in [4.69, 9.17) is 14.5 Å². The molecule has 5 rings (SSSR count). The highest BCUT2D eigenvalue weighted by Gasteiger charge is 2.24. The third-order valence-electron chi connectivity index (χ3n) is 6.58. The van der Waals surface area contributed by atoms with Gasteiger partial charge >= 0.3 is 0 Å². The van der Waals surface area contributed by atoms with Crippen molar-refractivity contribution in [3.8, 4) is 34.2 Å². The Morgan fingerprint density at radius 2 is 1.86 bits per heavy atom. The molecule has 10 heteroatoms. The van der Waals surface area contributed by atoms with E-state index in [1.807, 2.05) is 24.4 Å². The molecule has 3 aromatic heterocycles. The van der Waals surface area contributed by atoms with Crippen LogP contribution in [0.1, 0.15) is 6.92 Å². The maximum Gasteiger partial charge on any atom is 0.166 e. The zero-order valence-corrected chi connectivity index (χ0v) is 21.2. The lowest BCUT2D eigenvalue weighted by atomic mass is 10.1. The summed E-state index contributed by atoms with van der Waals surface area (Å²) in [4.78, 5) is 18.5.